The van der Waals surface area contributed by atoms with Crippen molar-refractivity contribution in [1.82, 2.24) is 5.32 Å². The Morgan fingerprint density at radius 3 is 2.89 bits per heavy atom. The Hall–Kier alpha value is -0.750. The molecule has 0 aliphatic heterocycles. The maximum absolute atomic E-state index is 9.74. The highest BCUT2D eigenvalue weighted by Gasteiger charge is 2.07. The molecule has 0 bridgehead atoms. The van der Waals surface area contributed by atoms with Crippen LogP contribution in [0, 0.1) is 0 Å². The van der Waals surface area contributed by atoms with E-state index >= 15 is 0 Å². The normalized spacial score (nSPS) is 12.4. The number of ether oxygens (including phenoxy) is 2. The number of methoxy groups -OCH3 is 1. The van der Waals surface area contributed by atoms with E-state index in [0.29, 0.717) is 13.2 Å². The van der Waals surface area contributed by atoms with E-state index in [4.69, 9.17) is 9.47 Å². The monoisotopic (exact) mass is 271 g/mol. The van der Waals surface area contributed by atoms with Crippen LogP contribution in [0.1, 0.15) is 0 Å². The van der Waals surface area contributed by atoms with Crippen LogP contribution in [0.4, 0.5) is 0 Å². The molecule has 0 aliphatic rings. The Balaban J connectivity index is 2.26. The standard InChI is InChI=1S/C13H21NO3S/c1-16-8-7-14-9-11(15)10-17-12-5-3-4-6-13(12)18-2/h3-6,11,14-15H,7-10H2,1-2H3. The zero-order valence-corrected chi connectivity index (χ0v) is 11.7. The van der Waals surface area contributed by atoms with Crippen LogP contribution >= 0.6 is 11.8 Å². The number of para-hydroxylation sites is 1. The first kappa shape index (κ1) is 15.3. The van der Waals surface area contributed by atoms with Gasteiger partial charge in [0.1, 0.15) is 18.5 Å². The fourth-order valence-corrected chi connectivity index (χ4v) is 1.97. The van der Waals surface area contributed by atoms with Crippen molar-refractivity contribution >= 4 is 11.8 Å². The fourth-order valence-electron chi connectivity index (χ4n) is 1.43. The first-order valence-electron chi connectivity index (χ1n) is 5.91. The van der Waals surface area contributed by atoms with E-state index in [2.05, 4.69) is 5.32 Å². The third-order valence-corrected chi connectivity index (χ3v) is 3.14. The van der Waals surface area contributed by atoms with Gasteiger partial charge in [0, 0.05) is 25.1 Å². The molecular weight excluding hydrogens is 250 g/mol. The van der Waals surface area contributed by atoms with E-state index in [1.807, 2.05) is 30.5 Å². The van der Waals surface area contributed by atoms with E-state index in [9.17, 15) is 5.11 Å². The van der Waals surface area contributed by atoms with Crippen molar-refractivity contribution in [2.24, 2.45) is 0 Å². The molecule has 1 aromatic carbocycles. The first-order chi connectivity index (χ1) is 8.77. The quantitative estimate of drug-likeness (QED) is 0.525. The largest absolute Gasteiger partial charge is 0.490 e. The van der Waals surface area contributed by atoms with Crippen molar-refractivity contribution in [3.05, 3.63) is 24.3 Å². The average Bonchev–Trinajstić information content (AvgIpc) is 2.41. The van der Waals surface area contributed by atoms with E-state index in [1.54, 1.807) is 18.9 Å². The lowest BCUT2D eigenvalue weighted by molar-refractivity contribution is 0.102. The number of hydrogen-bond donors (Lipinski definition) is 2. The lowest BCUT2D eigenvalue weighted by Gasteiger charge is -2.14. The molecule has 1 atom stereocenters. The minimum absolute atomic E-state index is 0.289. The van der Waals surface area contributed by atoms with Gasteiger partial charge < -0.3 is 19.9 Å². The molecule has 0 radical (unpaired) electrons. The Bertz CT molecular complexity index is 336. The number of nitrogens with one attached hydrogen (secondary N) is 1. The van der Waals surface area contributed by atoms with Crippen LogP contribution in [-0.2, 0) is 4.74 Å². The highest BCUT2D eigenvalue weighted by molar-refractivity contribution is 7.98. The summed E-state index contributed by atoms with van der Waals surface area (Å²) in [5.41, 5.74) is 0. The van der Waals surface area contributed by atoms with Gasteiger partial charge in [0.25, 0.3) is 0 Å². The van der Waals surface area contributed by atoms with Crippen molar-refractivity contribution in [2.75, 3.05) is 39.7 Å². The highest BCUT2D eigenvalue weighted by Crippen LogP contribution is 2.26. The summed E-state index contributed by atoms with van der Waals surface area (Å²) >= 11 is 1.63. The minimum Gasteiger partial charge on any atom is -0.490 e. The van der Waals surface area contributed by atoms with Gasteiger partial charge in [-0.05, 0) is 18.4 Å². The van der Waals surface area contributed by atoms with Crippen molar-refractivity contribution in [3.8, 4) is 5.75 Å². The van der Waals surface area contributed by atoms with Crippen LogP contribution in [-0.4, -0.2) is 50.9 Å². The number of thioether (sulfide) groups is 1. The number of benzene rings is 1. The van der Waals surface area contributed by atoms with Gasteiger partial charge in [-0.15, -0.1) is 11.8 Å². The lowest BCUT2D eigenvalue weighted by Crippen LogP contribution is -2.33. The van der Waals surface area contributed by atoms with Crippen LogP contribution in [0.3, 0.4) is 0 Å². The van der Waals surface area contributed by atoms with E-state index in [0.717, 1.165) is 17.2 Å². The summed E-state index contributed by atoms with van der Waals surface area (Å²) in [5, 5.41) is 12.8. The summed E-state index contributed by atoms with van der Waals surface area (Å²) in [6.45, 7) is 2.17. The Morgan fingerprint density at radius 2 is 2.17 bits per heavy atom. The van der Waals surface area contributed by atoms with Gasteiger partial charge >= 0.3 is 0 Å². The first-order valence-corrected chi connectivity index (χ1v) is 7.14. The molecule has 0 fully saturated rings. The van der Waals surface area contributed by atoms with Crippen molar-refractivity contribution in [3.63, 3.8) is 0 Å². The molecule has 0 amide bonds. The Kier molecular flexibility index (Phi) is 7.84. The van der Waals surface area contributed by atoms with Crippen LogP contribution < -0.4 is 10.1 Å². The van der Waals surface area contributed by atoms with E-state index in [-0.39, 0.29) is 6.61 Å². The molecule has 0 aromatic heterocycles. The Morgan fingerprint density at radius 1 is 1.39 bits per heavy atom. The third kappa shape index (κ3) is 5.73. The molecule has 2 N–H and O–H groups in total. The molecule has 0 aliphatic carbocycles. The van der Waals surface area contributed by atoms with Gasteiger partial charge in [0.05, 0.1) is 6.61 Å². The van der Waals surface area contributed by atoms with Crippen LogP contribution in [0.15, 0.2) is 29.2 Å². The number of hydrogen-bond acceptors (Lipinski definition) is 5. The smallest absolute Gasteiger partial charge is 0.132 e. The van der Waals surface area contributed by atoms with Crippen LogP contribution in [0.5, 0.6) is 5.75 Å². The molecule has 0 saturated heterocycles. The molecule has 18 heavy (non-hydrogen) atoms. The van der Waals surface area contributed by atoms with Gasteiger partial charge in [-0.25, -0.2) is 0 Å². The molecule has 1 unspecified atom stereocenters. The molecule has 4 nitrogen and oxygen atoms in total. The molecule has 1 rings (SSSR count). The number of aliphatic hydroxyl groups is 1. The van der Waals surface area contributed by atoms with E-state index < -0.39 is 6.10 Å². The molecule has 1 aromatic rings. The predicted molar refractivity (Wildman–Crippen MR) is 74.5 cm³/mol. The lowest BCUT2D eigenvalue weighted by atomic mass is 10.3. The van der Waals surface area contributed by atoms with Gasteiger partial charge in [-0.2, -0.15) is 0 Å². The zero-order chi connectivity index (χ0) is 13.2. The highest BCUT2D eigenvalue weighted by atomic mass is 32.2. The molecule has 0 saturated carbocycles. The molecular formula is C13H21NO3S. The molecule has 5 heteroatoms. The summed E-state index contributed by atoms with van der Waals surface area (Å²) < 4.78 is 10.5. The van der Waals surface area contributed by atoms with Crippen molar-refractivity contribution in [1.29, 1.82) is 0 Å². The minimum atomic E-state index is -0.517. The maximum Gasteiger partial charge on any atom is 0.132 e. The van der Waals surface area contributed by atoms with Gasteiger partial charge in [-0.1, -0.05) is 12.1 Å². The SMILES string of the molecule is COCCNCC(O)COc1ccccc1SC. The van der Waals surface area contributed by atoms with Gasteiger partial charge in [0.15, 0.2) is 0 Å². The van der Waals surface area contributed by atoms with Crippen molar-refractivity contribution in [2.45, 2.75) is 11.0 Å². The van der Waals surface area contributed by atoms with E-state index in [1.165, 1.54) is 0 Å². The molecule has 0 heterocycles. The summed E-state index contributed by atoms with van der Waals surface area (Å²) in [5.74, 6) is 0.820. The fraction of sp³-hybridized carbons (Fsp3) is 0.538. The second-order valence-electron chi connectivity index (χ2n) is 3.81. The topological polar surface area (TPSA) is 50.7 Å². The summed E-state index contributed by atoms with van der Waals surface area (Å²) in [6.07, 6.45) is 1.49. The number of rotatable bonds is 9. The molecule has 102 valence electrons. The predicted octanol–water partition coefficient (Wildman–Crippen LogP) is 1.38. The maximum atomic E-state index is 9.74. The van der Waals surface area contributed by atoms with Crippen LogP contribution in [0.25, 0.3) is 0 Å². The third-order valence-electron chi connectivity index (χ3n) is 2.36. The Labute approximate surface area is 113 Å². The average molecular weight is 271 g/mol. The zero-order valence-electron chi connectivity index (χ0n) is 10.9. The second kappa shape index (κ2) is 9.22. The summed E-state index contributed by atoms with van der Waals surface area (Å²) in [4.78, 5) is 1.08. The summed E-state index contributed by atoms with van der Waals surface area (Å²) in [6, 6.07) is 7.82. The summed E-state index contributed by atoms with van der Waals surface area (Å²) in [7, 11) is 1.65. The van der Waals surface area contributed by atoms with Gasteiger partial charge in [0.2, 0.25) is 0 Å². The second-order valence-corrected chi connectivity index (χ2v) is 4.66. The number of aliphatic hydroxyl groups excluding tert-OH is 1. The molecule has 0 spiro atoms. The van der Waals surface area contributed by atoms with Gasteiger partial charge in [-0.3, -0.25) is 0 Å². The van der Waals surface area contributed by atoms with Crippen LogP contribution in [0.2, 0.25) is 0 Å². The van der Waals surface area contributed by atoms with Crippen molar-refractivity contribution < 1.29 is 14.6 Å².